The van der Waals surface area contributed by atoms with E-state index >= 15 is 0 Å². The van der Waals surface area contributed by atoms with Gasteiger partial charge in [-0.15, -0.1) is 0 Å². The molecule has 0 aliphatic carbocycles. The Labute approximate surface area is 204 Å². The molecule has 0 saturated heterocycles. The molecular weight excluding hydrogens is 450 g/mol. The van der Waals surface area contributed by atoms with Crippen molar-refractivity contribution in [3.63, 3.8) is 0 Å². The fourth-order valence-electron chi connectivity index (χ4n) is 4.93. The number of benzene rings is 2. The topological polar surface area (TPSA) is 122 Å². The normalized spacial score (nSPS) is 22.0. The van der Waals surface area contributed by atoms with Crippen LogP contribution in [0.25, 0.3) is 0 Å². The SMILES string of the molecule is CCOC(=O)C1C(Cc2cccc([N+](=O)[O-])c2)C(C(=O)O)=C(C)NC1(C)N(C)Cc1ccccc1. The highest BCUT2D eigenvalue weighted by Crippen LogP contribution is 2.42. The van der Waals surface area contributed by atoms with E-state index in [-0.39, 0.29) is 24.3 Å². The Balaban J connectivity index is 2.11. The number of hydrogen-bond donors (Lipinski definition) is 2. The van der Waals surface area contributed by atoms with Crippen LogP contribution in [0, 0.1) is 22.0 Å². The highest BCUT2D eigenvalue weighted by molar-refractivity contribution is 5.90. The maximum absolute atomic E-state index is 13.4. The van der Waals surface area contributed by atoms with E-state index < -0.39 is 34.4 Å². The van der Waals surface area contributed by atoms with Gasteiger partial charge in [-0.2, -0.15) is 0 Å². The van der Waals surface area contributed by atoms with Crippen molar-refractivity contribution < 1.29 is 24.4 Å². The fourth-order valence-corrected chi connectivity index (χ4v) is 4.93. The molecule has 2 aromatic carbocycles. The molecule has 0 bridgehead atoms. The molecule has 186 valence electrons. The second-order valence-corrected chi connectivity index (χ2v) is 8.93. The molecule has 9 nitrogen and oxygen atoms in total. The van der Waals surface area contributed by atoms with Gasteiger partial charge in [0.25, 0.3) is 5.69 Å². The number of nitro benzene ring substituents is 1. The zero-order valence-electron chi connectivity index (χ0n) is 20.4. The van der Waals surface area contributed by atoms with E-state index in [1.807, 2.05) is 49.2 Å². The number of allylic oxidation sites excluding steroid dienone is 1. The molecule has 9 heteroatoms. The molecule has 2 aromatic rings. The monoisotopic (exact) mass is 481 g/mol. The summed E-state index contributed by atoms with van der Waals surface area (Å²) in [5.74, 6) is -3.35. The van der Waals surface area contributed by atoms with E-state index in [0.717, 1.165) is 5.56 Å². The number of aliphatic carboxylic acids is 1. The largest absolute Gasteiger partial charge is 0.478 e. The van der Waals surface area contributed by atoms with E-state index in [0.29, 0.717) is 17.8 Å². The van der Waals surface area contributed by atoms with Crippen LogP contribution in [0.5, 0.6) is 0 Å². The minimum atomic E-state index is -1.15. The van der Waals surface area contributed by atoms with Crippen LogP contribution in [0.4, 0.5) is 5.69 Å². The number of carboxylic acid groups (broad SMARTS) is 1. The van der Waals surface area contributed by atoms with Gasteiger partial charge >= 0.3 is 11.9 Å². The lowest BCUT2D eigenvalue weighted by molar-refractivity contribution is -0.384. The summed E-state index contributed by atoms with van der Waals surface area (Å²) < 4.78 is 5.44. The first-order chi connectivity index (χ1) is 16.6. The van der Waals surface area contributed by atoms with Gasteiger partial charge in [-0.25, -0.2) is 4.79 Å². The molecule has 0 radical (unpaired) electrons. The second-order valence-electron chi connectivity index (χ2n) is 8.93. The van der Waals surface area contributed by atoms with Crippen LogP contribution in [-0.4, -0.2) is 46.2 Å². The maximum Gasteiger partial charge on any atom is 0.333 e. The van der Waals surface area contributed by atoms with Crippen molar-refractivity contribution in [1.82, 2.24) is 10.2 Å². The Morgan fingerprint density at radius 1 is 1.17 bits per heavy atom. The van der Waals surface area contributed by atoms with E-state index in [2.05, 4.69) is 5.32 Å². The van der Waals surface area contributed by atoms with Crippen molar-refractivity contribution in [2.45, 2.75) is 39.4 Å². The number of esters is 1. The Kier molecular flexibility index (Phi) is 7.91. The minimum Gasteiger partial charge on any atom is -0.478 e. The number of carbonyl (C=O) groups excluding carboxylic acids is 1. The van der Waals surface area contributed by atoms with E-state index in [4.69, 9.17) is 4.74 Å². The third kappa shape index (κ3) is 5.51. The summed E-state index contributed by atoms with van der Waals surface area (Å²) in [5, 5.41) is 24.7. The number of nitro groups is 1. The van der Waals surface area contributed by atoms with Crippen LogP contribution >= 0.6 is 0 Å². The van der Waals surface area contributed by atoms with Gasteiger partial charge in [-0.1, -0.05) is 42.5 Å². The van der Waals surface area contributed by atoms with Crippen molar-refractivity contribution in [2.75, 3.05) is 13.7 Å². The first kappa shape index (κ1) is 25.9. The van der Waals surface area contributed by atoms with Crippen molar-refractivity contribution >= 4 is 17.6 Å². The molecule has 3 unspecified atom stereocenters. The van der Waals surface area contributed by atoms with Crippen LogP contribution in [0.1, 0.15) is 31.9 Å². The zero-order chi connectivity index (χ0) is 25.8. The van der Waals surface area contributed by atoms with Crippen LogP contribution in [0.15, 0.2) is 65.9 Å². The lowest BCUT2D eigenvalue weighted by Gasteiger charge is -2.51. The third-order valence-corrected chi connectivity index (χ3v) is 6.63. The van der Waals surface area contributed by atoms with Gasteiger partial charge in [0.1, 0.15) is 11.6 Å². The zero-order valence-corrected chi connectivity index (χ0v) is 20.4. The molecule has 3 rings (SSSR count). The molecule has 2 N–H and O–H groups in total. The van der Waals surface area contributed by atoms with Crippen molar-refractivity contribution in [3.8, 4) is 0 Å². The number of non-ortho nitro benzene ring substituents is 1. The number of nitrogens with one attached hydrogen (secondary N) is 1. The summed E-state index contributed by atoms with van der Waals surface area (Å²) in [6, 6.07) is 15.8. The first-order valence-electron chi connectivity index (χ1n) is 11.5. The number of rotatable bonds is 9. The Hall–Kier alpha value is -3.72. The quantitative estimate of drug-likeness (QED) is 0.316. The van der Waals surface area contributed by atoms with E-state index in [1.165, 1.54) is 12.1 Å². The molecule has 0 fully saturated rings. The van der Waals surface area contributed by atoms with Crippen LogP contribution in [0.3, 0.4) is 0 Å². The molecule has 35 heavy (non-hydrogen) atoms. The first-order valence-corrected chi connectivity index (χ1v) is 11.5. The highest BCUT2D eigenvalue weighted by Gasteiger charge is 2.53. The highest BCUT2D eigenvalue weighted by atomic mass is 16.6. The molecular formula is C26H31N3O6. The molecule has 0 spiro atoms. The standard InChI is InChI=1S/C26H31N3O6/c1-5-35-25(32)23-21(15-19-12-9-13-20(14-19)29(33)34)22(24(30)31)17(2)27-26(23,3)28(4)16-18-10-7-6-8-11-18/h6-14,21,23,27H,5,15-16H2,1-4H3,(H,30,31). The number of ether oxygens (including phenoxy) is 1. The lowest BCUT2D eigenvalue weighted by Crippen LogP contribution is -2.66. The van der Waals surface area contributed by atoms with Crippen molar-refractivity contribution in [3.05, 3.63) is 87.1 Å². The fraction of sp³-hybridized carbons (Fsp3) is 0.385. The summed E-state index contributed by atoms with van der Waals surface area (Å²) in [5.41, 5.74) is 1.03. The number of carboxylic acids is 1. The molecule has 0 amide bonds. The van der Waals surface area contributed by atoms with Gasteiger partial charge in [-0.3, -0.25) is 19.8 Å². The summed E-state index contributed by atoms with van der Waals surface area (Å²) >= 11 is 0. The molecule has 1 heterocycles. The molecule has 1 aliphatic rings. The average Bonchev–Trinajstić information content (AvgIpc) is 2.79. The van der Waals surface area contributed by atoms with Gasteiger partial charge in [0.2, 0.25) is 0 Å². The maximum atomic E-state index is 13.4. The summed E-state index contributed by atoms with van der Waals surface area (Å²) in [4.78, 5) is 38.6. The predicted octanol–water partition coefficient (Wildman–Crippen LogP) is 3.74. The molecule has 0 aromatic heterocycles. The molecule has 1 aliphatic heterocycles. The summed E-state index contributed by atoms with van der Waals surface area (Å²) in [6.45, 7) is 5.88. The van der Waals surface area contributed by atoms with E-state index in [1.54, 1.807) is 26.0 Å². The summed E-state index contributed by atoms with van der Waals surface area (Å²) in [6.07, 6.45) is 0.126. The van der Waals surface area contributed by atoms with Crippen LogP contribution in [-0.2, 0) is 27.3 Å². The summed E-state index contributed by atoms with van der Waals surface area (Å²) in [7, 11) is 1.87. The molecule has 0 saturated carbocycles. The number of nitrogens with zero attached hydrogens (tertiary/aromatic N) is 2. The Bertz CT molecular complexity index is 1130. The number of carbonyl (C=O) groups is 2. The third-order valence-electron chi connectivity index (χ3n) is 6.63. The Morgan fingerprint density at radius 2 is 1.83 bits per heavy atom. The average molecular weight is 482 g/mol. The van der Waals surface area contributed by atoms with Crippen LogP contribution in [0.2, 0.25) is 0 Å². The molecule has 3 atom stereocenters. The van der Waals surface area contributed by atoms with Gasteiger partial charge in [-0.05, 0) is 45.4 Å². The Morgan fingerprint density at radius 3 is 2.43 bits per heavy atom. The number of hydrogen-bond acceptors (Lipinski definition) is 7. The second kappa shape index (κ2) is 10.7. The predicted molar refractivity (Wildman–Crippen MR) is 130 cm³/mol. The van der Waals surface area contributed by atoms with Gasteiger partial charge in [0, 0.05) is 30.3 Å². The lowest BCUT2D eigenvalue weighted by atomic mass is 9.71. The minimum absolute atomic E-state index is 0.0696. The van der Waals surface area contributed by atoms with Crippen LogP contribution < -0.4 is 5.32 Å². The van der Waals surface area contributed by atoms with Crippen molar-refractivity contribution in [2.24, 2.45) is 11.8 Å². The van der Waals surface area contributed by atoms with Crippen molar-refractivity contribution in [1.29, 1.82) is 0 Å². The smallest absolute Gasteiger partial charge is 0.333 e. The van der Waals surface area contributed by atoms with Gasteiger partial charge in [0.15, 0.2) is 0 Å². The van der Waals surface area contributed by atoms with E-state index in [9.17, 15) is 24.8 Å². The van der Waals surface area contributed by atoms with Gasteiger partial charge in [0.05, 0.1) is 17.1 Å². The van der Waals surface area contributed by atoms with Gasteiger partial charge < -0.3 is 15.2 Å².